The van der Waals surface area contributed by atoms with Crippen LogP contribution in [0.15, 0.2) is 0 Å². The number of aliphatic hydroxyl groups is 2. The molecule has 2 N–H and O–H groups in total. The van der Waals surface area contributed by atoms with Crippen molar-refractivity contribution in [3.8, 4) is 0 Å². The largest absolute Gasteiger partial charge is 0.460 e. The predicted molar refractivity (Wildman–Crippen MR) is 81.5 cm³/mol. The van der Waals surface area contributed by atoms with Crippen LogP contribution in [0.25, 0.3) is 0 Å². The zero-order valence-corrected chi connectivity index (χ0v) is 14.4. The van der Waals surface area contributed by atoms with Gasteiger partial charge >= 0.3 is 11.9 Å². The van der Waals surface area contributed by atoms with Crippen LogP contribution in [0.3, 0.4) is 0 Å². The second-order valence-corrected chi connectivity index (χ2v) is 7.25. The maximum Gasteiger partial charge on any atom is 0.378 e. The average Bonchev–Trinajstić information content (AvgIpc) is 2.40. The maximum atomic E-state index is 11.7. The van der Waals surface area contributed by atoms with Gasteiger partial charge in [-0.05, 0) is 32.6 Å². The van der Waals surface area contributed by atoms with Gasteiger partial charge in [0, 0.05) is 10.3 Å². The summed E-state index contributed by atoms with van der Waals surface area (Å²) in [7, 11) is 0. The van der Waals surface area contributed by atoms with Gasteiger partial charge in [0.05, 0.1) is 5.60 Å². The van der Waals surface area contributed by atoms with E-state index in [1.165, 1.54) is 0 Å². The van der Waals surface area contributed by atoms with Crippen molar-refractivity contribution in [2.75, 3.05) is 13.2 Å². The van der Waals surface area contributed by atoms with Crippen LogP contribution in [-0.2, 0) is 19.1 Å². The lowest BCUT2D eigenvalue weighted by Crippen LogP contribution is -2.54. The summed E-state index contributed by atoms with van der Waals surface area (Å²) in [5.74, 6) is -2.16. The summed E-state index contributed by atoms with van der Waals surface area (Å²) >= 11 is 0. The van der Waals surface area contributed by atoms with Gasteiger partial charge in [-0.2, -0.15) is 0 Å². The number of carbonyl (C=O) groups is 2. The molecule has 0 aromatic heterocycles. The number of nitrogens with zero attached hydrogens (tertiary/aromatic N) is 1. The molecule has 9 heteroatoms. The van der Waals surface area contributed by atoms with Crippen LogP contribution in [0, 0.1) is 21.4 Å². The van der Waals surface area contributed by atoms with Crippen LogP contribution in [0.5, 0.6) is 0 Å². The molecule has 0 aliphatic heterocycles. The lowest BCUT2D eigenvalue weighted by Gasteiger charge is -2.48. The second-order valence-electron chi connectivity index (χ2n) is 7.25. The zero-order valence-electron chi connectivity index (χ0n) is 14.4. The topological polar surface area (TPSA) is 136 Å². The van der Waals surface area contributed by atoms with Crippen molar-refractivity contribution in [1.82, 2.24) is 0 Å². The van der Waals surface area contributed by atoms with Gasteiger partial charge in [-0.3, -0.25) is 10.1 Å². The van der Waals surface area contributed by atoms with E-state index in [2.05, 4.69) is 0 Å². The molecule has 1 saturated carbocycles. The number of hydrogen-bond donors (Lipinski definition) is 2. The first-order chi connectivity index (χ1) is 10.9. The Morgan fingerprint density at radius 3 is 2.04 bits per heavy atom. The molecule has 0 bridgehead atoms. The van der Waals surface area contributed by atoms with Gasteiger partial charge in [-0.1, -0.05) is 13.8 Å². The smallest absolute Gasteiger partial charge is 0.378 e. The first-order valence-corrected chi connectivity index (χ1v) is 7.72. The van der Waals surface area contributed by atoms with Crippen molar-refractivity contribution < 1.29 is 34.2 Å². The molecule has 1 fully saturated rings. The predicted octanol–water partition coefficient (Wildman–Crippen LogP) is 0.286. The lowest BCUT2D eigenvalue weighted by molar-refractivity contribution is -0.470. The molecule has 0 aromatic rings. The van der Waals surface area contributed by atoms with Crippen molar-refractivity contribution in [3.63, 3.8) is 0 Å². The zero-order chi connectivity index (χ0) is 18.7. The Kier molecular flexibility index (Phi) is 6.29. The SMILES string of the molecule is CC1(C)C(OC(=O)CO)C[C@@H](C(C)(C)O)CC1OC(=O)C[N+](=O)[O-]. The first-order valence-electron chi connectivity index (χ1n) is 7.72. The highest BCUT2D eigenvalue weighted by Gasteiger charge is 2.51. The van der Waals surface area contributed by atoms with Crippen LogP contribution >= 0.6 is 0 Å². The molecule has 0 spiro atoms. The molecule has 1 aliphatic carbocycles. The minimum Gasteiger partial charge on any atom is -0.460 e. The van der Waals surface area contributed by atoms with E-state index in [-0.39, 0.29) is 12.3 Å². The van der Waals surface area contributed by atoms with Crippen LogP contribution in [0.4, 0.5) is 0 Å². The minimum absolute atomic E-state index is 0.285. The molecule has 0 amide bonds. The number of esters is 2. The van der Waals surface area contributed by atoms with Gasteiger partial charge in [0.2, 0.25) is 0 Å². The van der Waals surface area contributed by atoms with E-state index in [9.17, 15) is 24.8 Å². The van der Waals surface area contributed by atoms with Crippen molar-refractivity contribution in [2.24, 2.45) is 11.3 Å². The molecule has 1 rings (SSSR count). The van der Waals surface area contributed by atoms with Crippen LogP contribution in [0.1, 0.15) is 40.5 Å². The Morgan fingerprint density at radius 1 is 1.21 bits per heavy atom. The second kappa shape index (κ2) is 7.43. The summed E-state index contributed by atoms with van der Waals surface area (Å²) in [6, 6.07) is 0. The molecule has 0 saturated heterocycles. The summed E-state index contributed by atoms with van der Waals surface area (Å²) in [6.45, 7) is 4.88. The third-order valence-corrected chi connectivity index (χ3v) is 4.59. The highest BCUT2D eigenvalue weighted by atomic mass is 16.6. The Balaban J connectivity index is 3.02. The molecular formula is C15H25NO8. The van der Waals surface area contributed by atoms with Gasteiger partial charge in [0.15, 0.2) is 0 Å². The summed E-state index contributed by atoms with van der Waals surface area (Å²) in [4.78, 5) is 32.8. The molecule has 2 unspecified atom stereocenters. The summed E-state index contributed by atoms with van der Waals surface area (Å²) in [5.41, 5.74) is -1.94. The molecule has 3 atom stereocenters. The van der Waals surface area contributed by atoms with Crippen molar-refractivity contribution in [1.29, 1.82) is 0 Å². The summed E-state index contributed by atoms with van der Waals surface area (Å²) in [5, 5.41) is 29.6. The van der Waals surface area contributed by atoms with E-state index < -0.39 is 53.2 Å². The van der Waals surface area contributed by atoms with E-state index in [0.717, 1.165) is 0 Å². The van der Waals surface area contributed by atoms with Gasteiger partial charge in [-0.25, -0.2) is 9.59 Å². The van der Waals surface area contributed by atoms with Gasteiger partial charge < -0.3 is 19.7 Å². The highest BCUT2D eigenvalue weighted by molar-refractivity contribution is 5.71. The molecule has 1 aliphatic rings. The molecule has 0 aromatic carbocycles. The fourth-order valence-electron chi connectivity index (χ4n) is 2.90. The molecule has 24 heavy (non-hydrogen) atoms. The summed E-state index contributed by atoms with van der Waals surface area (Å²) in [6.07, 6.45) is -0.874. The van der Waals surface area contributed by atoms with E-state index in [4.69, 9.17) is 14.6 Å². The molecular weight excluding hydrogens is 322 g/mol. The Hall–Kier alpha value is -1.74. The number of aliphatic hydroxyl groups excluding tert-OH is 1. The number of carbonyl (C=O) groups excluding carboxylic acids is 2. The monoisotopic (exact) mass is 347 g/mol. The molecule has 9 nitrogen and oxygen atoms in total. The standard InChI is InChI=1S/C15H25NO8/c1-14(2)10(23-12(18)7-16(21)22)5-9(15(3,4)20)6-11(14)24-13(19)8-17/h9-11,17,20H,5-8H2,1-4H3/t9-,10?,11?/m0/s1. The van der Waals surface area contributed by atoms with Crippen molar-refractivity contribution in [2.45, 2.75) is 58.3 Å². The van der Waals surface area contributed by atoms with Crippen molar-refractivity contribution >= 4 is 11.9 Å². The summed E-state index contributed by atoms with van der Waals surface area (Å²) < 4.78 is 10.5. The van der Waals surface area contributed by atoms with Gasteiger partial charge in [-0.15, -0.1) is 0 Å². The highest BCUT2D eigenvalue weighted by Crippen LogP contribution is 2.45. The molecule has 0 radical (unpaired) electrons. The fourth-order valence-corrected chi connectivity index (χ4v) is 2.90. The van der Waals surface area contributed by atoms with E-state index >= 15 is 0 Å². The van der Waals surface area contributed by atoms with Gasteiger partial charge in [0.1, 0.15) is 18.8 Å². The minimum atomic E-state index is -1.12. The number of ether oxygens (including phenoxy) is 2. The quantitative estimate of drug-likeness (QED) is 0.397. The average molecular weight is 347 g/mol. The normalized spacial score (nSPS) is 26.5. The number of hydrogen-bond acceptors (Lipinski definition) is 8. The third-order valence-electron chi connectivity index (χ3n) is 4.59. The number of nitro groups is 1. The van der Waals surface area contributed by atoms with Gasteiger partial charge in [0.25, 0.3) is 6.54 Å². The Bertz CT molecular complexity index is 496. The molecule has 0 heterocycles. The first kappa shape index (κ1) is 20.3. The fraction of sp³-hybridized carbons (Fsp3) is 0.867. The van der Waals surface area contributed by atoms with E-state index in [1.807, 2.05) is 0 Å². The van der Waals surface area contributed by atoms with Crippen molar-refractivity contribution in [3.05, 3.63) is 10.1 Å². The Morgan fingerprint density at radius 2 is 1.67 bits per heavy atom. The molecule has 138 valence electrons. The Labute approximate surface area is 140 Å². The van der Waals surface area contributed by atoms with Crippen LogP contribution in [-0.4, -0.2) is 58.0 Å². The van der Waals surface area contributed by atoms with Crippen LogP contribution < -0.4 is 0 Å². The maximum absolute atomic E-state index is 11.7. The lowest BCUT2D eigenvalue weighted by atomic mass is 9.65. The third kappa shape index (κ3) is 5.13. The van der Waals surface area contributed by atoms with E-state index in [0.29, 0.717) is 6.42 Å². The van der Waals surface area contributed by atoms with Crippen LogP contribution in [0.2, 0.25) is 0 Å². The number of rotatable bonds is 6. The van der Waals surface area contributed by atoms with E-state index in [1.54, 1.807) is 27.7 Å².